The highest BCUT2D eigenvalue weighted by atomic mass is 15.2. The third-order valence-corrected chi connectivity index (χ3v) is 5.14. The second kappa shape index (κ2) is 6.91. The number of rotatable bonds is 6. The van der Waals surface area contributed by atoms with E-state index < -0.39 is 0 Å². The van der Waals surface area contributed by atoms with E-state index in [2.05, 4.69) is 31.0 Å². The van der Waals surface area contributed by atoms with Gasteiger partial charge in [-0.3, -0.25) is 0 Å². The first-order chi connectivity index (χ1) is 8.70. The first-order valence-electron chi connectivity index (χ1n) is 8.16. The van der Waals surface area contributed by atoms with E-state index in [9.17, 15) is 0 Å². The van der Waals surface area contributed by atoms with Crippen LogP contribution < -0.4 is 5.32 Å². The van der Waals surface area contributed by atoms with Crippen LogP contribution in [0.15, 0.2) is 0 Å². The van der Waals surface area contributed by atoms with Gasteiger partial charge in [0.15, 0.2) is 0 Å². The maximum atomic E-state index is 3.83. The van der Waals surface area contributed by atoms with Gasteiger partial charge in [0.25, 0.3) is 0 Å². The van der Waals surface area contributed by atoms with Crippen LogP contribution in [-0.4, -0.2) is 37.1 Å². The van der Waals surface area contributed by atoms with Gasteiger partial charge in [0.05, 0.1) is 0 Å². The molecule has 2 nitrogen and oxygen atoms in total. The molecule has 3 atom stereocenters. The molecule has 1 saturated carbocycles. The van der Waals surface area contributed by atoms with Crippen molar-refractivity contribution in [1.29, 1.82) is 0 Å². The van der Waals surface area contributed by atoms with Gasteiger partial charge < -0.3 is 10.2 Å². The van der Waals surface area contributed by atoms with Crippen LogP contribution in [0.25, 0.3) is 0 Å². The lowest BCUT2D eigenvalue weighted by Gasteiger charge is -2.29. The van der Waals surface area contributed by atoms with Crippen LogP contribution in [0.1, 0.15) is 52.9 Å². The van der Waals surface area contributed by atoms with Crippen molar-refractivity contribution in [3.8, 4) is 0 Å². The van der Waals surface area contributed by atoms with Gasteiger partial charge in [-0.25, -0.2) is 0 Å². The normalized spacial score (nSPS) is 32.2. The quantitative estimate of drug-likeness (QED) is 0.781. The number of likely N-dealkylation sites (tertiary alicyclic amines) is 1. The van der Waals surface area contributed by atoms with E-state index in [0.29, 0.717) is 0 Å². The van der Waals surface area contributed by atoms with Crippen LogP contribution in [0.3, 0.4) is 0 Å². The molecule has 0 spiro atoms. The van der Waals surface area contributed by atoms with E-state index in [-0.39, 0.29) is 0 Å². The zero-order valence-corrected chi connectivity index (χ0v) is 12.6. The summed E-state index contributed by atoms with van der Waals surface area (Å²) >= 11 is 0. The average Bonchev–Trinajstić information content (AvgIpc) is 2.96. The molecular formula is C16H32N2. The lowest BCUT2D eigenvalue weighted by Crippen LogP contribution is -2.44. The Labute approximate surface area is 114 Å². The Morgan fingerprint density at radius 3 is 2.28 bits per heavy atom. The SMILES string of the molecule is CCCNC(CN1CC(C)C(C)C1)C1CCCC1. The van der Waals surface area contributed by atoms with Gasteiger partial charge >= 0.3 is 0 Å². The van der Waals surface area contributed by atoms with Crippen LogP contribution >= 0.6 is 0 Å². The molecule has 1 N–H and O–H groups in total. The molecule has 2 fully saturated rings. The van der Waals surface area contributed by atoms with E-state index in [0.717, 1.165) is 23.8 Å². The van der Waals surface area contributed by atoms with Crippen LogP contribution in [0, 0.1) is 17.8 Å². The fraction of sp³-hybridized carbons (Fsp3) is 1.00. The third kappa shape index (κ3) is 3.71. The Hall–Kier alpha value is -0.0800. The summed E-state index contributed by atoms with van der Waals surface area (Å²) in [4.78, 5) is 2.71. The van der Waals surface area contributed by atoms with E-state index in [1.807, 2.05) is 0 Å². The third-order valence-electron chi connectivity index (χ3n) is 5.14. The molecule has 3 unspecified atom stereocenters. The first-order valence-corrected chi connectivity index (χ1v) is 8.16. The van der Waals surface area contributed by atoms with E-state index in [4.69, 9.17) is 0 Å². The predicted molar refractivity (Wildman–Crippen MR) is 78.8 cm³/mol. The van der Waals surface area contributed by atoms with Crippen LogP contribution in [0.5, 0.6) is 0 Å². The second-order valence-electron chi connectivity index (χ2n) is 6.78. The summed E-state index contributed by atoms with van der Waals surface area (Å²) in [7, 11) is 0. The molecule has 2 rings (SSSR count). The summed E-state index contributed by atoms with van der Waals surface area (Å²) in [5.74, 6) is 2.73. The van der Waals surface area contributed by atoms with E-state index in [1.165, 1.54) is 58.3 Å². The zero-order valence-electron chi connectivity index (χ0n) is 12.6. The Morgan fingerprint density at radius 2 is 1.72 bits per heavy atom. The zero-order chi connectivity index (χ0) is 13.0. The lowest BCUT2D eigenvalue weighted by molar-refractivity contribution is 0.234. The highest BCUT2D eigenvalue weighted by Crippen LogP contribution is 2.30. The molecule has 106 valence electrons. The Kier molecular flexibility index (Phi) is 5.50. The van der Waals surface area contributed by atoms with Crippen molar-refractivity contribution in [2.24, 2.45) is 17.8 Å². The molecule has 0 bridgehead atoms. The van der Waals surface area contributed by atoms with Crippen molar-refractivity contribution in [3.63, 3.8) is 0 Å². The highest BCUT2D eigenvalue weighted by molar-refractivity contribution is 4.87. The fourth-order valence-electron chi connectivity index (χ4n) is 3.75. The Morgan fingerprint density at radius 1 is 1.11 bits per heavy atom. The number of nitrogens with zero attached hydrogens (tertiary/aromatic N) is 1. The highest BCUT2D eigenvalue weighted by Gasteiger charge is 2.31. The van der Waals surface area contributed by atoms with Crippen molar-refractivity contribution in [3.05, 3.63) is 0 Å². The molecule has 0 aromatic rings. The van der Waals surface area contributed by atoms with Gasteiger partial charge in [0, 0.05) is 25.7 Å². The maximum absolute atomic E-state index is 3.83. The molecule has 1 heterocycles. The molecule has 1 aliphatic carbocycles. The minimum absolute atomic E-state index is 0.755. The largest absolute Gasteiger partial charge is 0.312 e. The molecule has 2 aliphatic rings. The predicted octanol–water partition coefficient (Wildman–Crippen LogP) is 3.13. The topological polar surface area (TPSA) is 15.3 Å². The minimum Gasteiger partial charge on any atom is -0.312 e. The average molecular weight is 252 g/mol. The first kappa shape index (κ1) is 14.3. The van der Waals surface area contributed by atoms with Crippen molar-refractivity contribution >= 4 is 0 Å². The number of nitrogens with one attached hydrogen (secondary N) is 1. The summed E-state index contributed by atoms with van der Waals surface area (Å²) in [6, 6.07) is 0.755. The lowest BCUT2D eigenvalue weighted by atomic mass is 9.97. The van der Waals surface area contributed by atoms with Crippen molar-refractivity contribution in [2.45, 2.75) is 58.9 Å². The van der Waals surface area contributed by atoms with Gasteiger partial charge in [-0.15, -0.1) is 0 Å². The maximum Gasteiger partial charge on any atom is 0.0223 e. The molecule has 1 saturated heterocycles. The molecule has 0 radical (unpaired) electrons. The standard InChI is InChI=1S/C16H32N2/c1-4-9-17-16(15-7-5-6-8-15)12-18-10-13(2)14(3)11-18/h13-17H,4-12H2,1-3H3. The molecule has 1 aliphatic heterocycles. The van der Waals surface area contributed by atoms with Gasteiger partial charge in [-0.05, 0) is 43.6 Å². The van der Waals surface area contributed by atoms with Gasteiger partial charge in [-0.2, -0.15) is 0 Å². The molecule has 2 heteroatoms. The molecular weight excluding hydrogens is 220 g/mol. The summed E-state index contributed by atoms with van der Waals surface area (Å²) in [6.45, 7) is 12.2. The van der Waals surface area contributed by atoms with Crippen LogP contribution in [0.2, 0.25) is 0 Å². The molecule has 18 heavy (non-hydrogen) atoms. The smallest absolute Gasteiger partial charge is 0.0223 e. The number of hydrogen-bond acceptors (Lipinski definition) is 2. The monoisotopic (exact) mass is 252 g/mol. The van der Waals surface area contributed by atoms with Gasteiger partial charge in [0.1, 0.15) is 0 Å². The van der Waals surface area contributed by atoms with Gasteiger partial charge in [0.2, 0.25) is 0 Å². The van der Waals surface area contributed by atoms with Crippen molar-refractivity contribution in [2.75, 3.05) is 26.2 Å². The van der Waals surface area contributed by atoms with Gasteiger partial charge in [-0.1, -0.05) is 33.6 Å². The molecule has 0 aromatic carbocycles. The summed E-state index contributed by atoms with van der Waals surface area (Å²) in [5, 5.41) is 3.83. The van der Waals surface area contributed by atoms with Crippen molar-refractivity contribution in [1.82, 2.24) is 10.2 Å². The summed E-state index contributed by atoms with van der Waals surface area (Å²) in [5.41, 5.74) is 0. The summed E-state index contributed by atoms with van der Waals surface area (Å²) < 4.78 is 0. The molecule has 0 amide bonds. The minimum atomic E-state index is 0.755. The second-order valence-corrected chi connectivity index (χ2v) is 6.78. The Bertz CT molecular complexity index is 225. The van der Waals surface area contributed by atoms with Crippen molar-refractivity contribution < 1.29 is 0 Å². The number of hydrogen-bond donors (Lipinski definition) is 1. The van der Waals surface area contributed by atoms with Crippen LogP contribution in [-0.2, 0) is 0 Å². The van der Waals surface area contributed by atoms with Crippen LogP contribution in [0.4, 0.5) is 0 Å². The van der Waals surface area contributed by atoms with E-state index in [1.54, 1.807) is 0 Å². The fourth-order valence-corrected chi connectivity index (χ4v) is 3.75. The summed E-state index contributed by atoms with van der Waals surface area (Å²) in [6.07, 6.45) is 7.10. The molecule has 0 aromatic heterocycles. The Balaban J connectivity index is 1.84. The van der Waals surface area contributed by atoms with E-state index >= 15 is 0 Å².